The number of nitrogens with zero attached hydrogens (tertiary/aromatic N) is 1. The molecule has 0 aromatic carbocycles. The number of fused-ring (bicyclic) bond motifs is 1. The summed E-state index contributed by atoms with van der Waals surface area (Å²) in [6.45, 7) is 0. The molecule has 1 aromatic rings. The number of carbonyl (C=O) groups is 1. The molecule has 0 amide bonds. The van der Waals surface area contributed by atoms with Gasteiger partial charge in [-0.3, -0.25) is 4.79 Å². The number of hydrogen-bond acceptors (Lipinski definition) is 4. The van der Waals surface area contributed by atoms with Crippen molar-refractivity contribution in [1.82, 2.24) is 0 Å². The van der Waals surface area contributed by atoms with Crippen molar-refractivity contribution < 1.29 is 13.9 Å². The summed E-state index contributed by atoms with van der Waals surface area (Å²) in [5.41, 5.74) is -0.538. The topological polar surface area (TPSA) is 63.2 Å². The normalized spacial score (nSPS) is 31.6. The summed E-state index contributed by atoms with van der Waals surface area (Å²) in [4.78, 5) is 11.8. The average Bonchev–Trinajstić information content (AvgIpc) is 2.75. The Morgan fingerprint density at radius 3 is 3.00 bits per heavy atom. The van der Waals surface area contributed by atoms with Crippen LogP contribution < -0.4 is 0 Å². The third-order valence-corrected chi connectivity index (χ3v) is 4.27. The highest BCUT2D eigenvalue weighted by Gasteiger charge is 2.72. The van der Waals surface area contributed by atoms with Crippen molar-refractivity contribution in [3.05, 3.63) is 36.0 Å². The number of carbonyl (C=O) groups excluding carboxylic acids is 1. The van der Waals surface area contributed by atoms with Gasteiger partial charge in [0.05, 0.1) is 30.8 Å². The van der Waals surface area contributed by atoms with E-state index in [1.807, 2.05) is 12.1 Å². The summed E-state index contributed by atoms with van der Waals surface area (Å²) in [5.74, 6) is 1.44. The van der Waals surface area contributed by atoms with Gasteiger partial charge in [0.15, 0.2) is 5.78 Å². The number of methoxy groups -OCH3 is 1. The van der Waals surface area contributed by atoms with Crippen molar-refractivity contribution in [2.45, 2.75) is 19.3 Å². The van der Waals surface area contributed by atoms with Crippen molar-refractivity contribution in [3.63, 3.8) is 0 Å². The predicted molar refractivity (Wildman–Crippen MR) is 66.8 cm³/mol. The molecule has 1 aromatic heterocycles. The Kier molecular flexibility index (Phi) is 2.70. The molecule has 2 aliphatic carbocycles. The first kappa shape index (κ1) is 12.0. The van der Waals surface area contributed by atoms with E-state index in [2.05, 4.69) is 6.07 Å². The van der Waals surface area contributed by atoms with E-state index in [1.54, 1.807) is 13.4 Å². The minimum absolute atomic E-state index is 0.0217. The van der Waals surface area contributed by atoms with Gasteiger partial charge in [0.25, 0.3) is 0 Å². The number of ether oxygens (including phenoxy) is 1. The second-order valence-corrected chi connectivity index (χ2v) is 5.19. The number of ketones is 1. The second-order valence-electron chi connectivity index (χ2n) is 5.19. The number of allylic oxidation sites excluding steroid dienone is 2. The number of nitriles is 1. The minimum Gasteiger partial charge on any atom is -0.501 e. The van der Waals surface area contributed by atoms with Crippen molar-refractivity contribution >= 4 is 5.78 Å². The SMILES string of the molecule is COC1=CC(=O)[C@@H]2[C@H]1[C@@]2(C#N)CCCc1ccco1. The van der Waals surface area contributed by atoms with Crippen LogP contribution >= 0.6 is 0 Å². The van der Waals surface area contributed by atoms with E-state index in [0.29, 0.717) is 12.2 Å². The van der Waals surface area contributed by atoms with Gasteiger partial charge in [0.2, 0.25) is 0 Å². The molecule has 4 nitrogen and oxygen atoms in total. The number of rotatable bonds is 5. The average molecular weight is 257 g/mol. The van der Waals surface area contributed by atoms with Gasteiger partial charge in [0.1, 0.15) is 11.5 Å². The lowest BCUT2D eigenvalue weighted by Gasteiger charge is -2.11. The van der Waals surface area contributed by atoms with Crippen molar-refractivity contribution in [1.29, 1.82) is 5.26 Å². The van der Waals surface area contributed by atoms with Gasteiger partial charge < -0.3 is 9.15 Å². The van der Waals surface area contributed by atoms with E-state index >= 15 is 0 Å². The second kappa shape index (κ2) is 4.27. The molecule has 1 fully saturated rings. The Labute approximate surface area is 111 Å². The molecule has 0 unspecified atom stereocenters. The molecule has 1 saturated carbocycles. The first-order valence-corrected chi connectivity index (χ1v) is 6.46. The molecule has 3 rings (SSSR count). The van der Waals surface area contributed by atoms with Gasteiger partial charge in [-0.1, -0.05) is 0 Å². The summed E-state index contributed by atoms with van der Waals surface area (Å²) >= 11 is 0. The Hall–Kier alpha value is -2.02. The van der Waals surface area contributed by atoms with Crippen molar-refractivity contribution in [2.75, 3.05) is 7.11 Å². The quantitative estimate of drug-likeness (QED) is 0.812. The Bertz CT molecular complexity index is 567. The molecular weight excluding hydrogens is 242 g/mol. The van der Waals surface area contributed by atoms with Crippen LogP contribution in [0.5, 0.6) is 0 Å². The van der Waals surface area contributed by atoms with Gasteiger partial charge in [0, 0.05) is 18.4 Å². The monoisotopic (exact) mass is 257 g/mol. The molecule has 0 bridgehead atoms. The summed E-state index contributed by atoms with van der Waals surface area (Å²) < 4.78 is 10.5. The fraction of sp³-hybridized carbons (Fsp3) is 0.467. The van der Waals surface area contributed by atoms with Crippen LogP contribution in [0.4, 0.5) is 0 Å². The van der Waals surface area contributed by atoms with E-state index < -0.39 is 5.41 Å². The third kappa shape index (κ3) is 1.69. The molecule has 2 aliphatic rings. The van der Waals surface area contributed by atoms with Crippen LogP contribution in [0, 0.1) is 28.6 Å². The van der Waals surface area contributed by atoms with Gasteiger partial charge in [-0.15, -0.1) is 0 Å². The first-order chi connectivity index (χ1) is 9.23. The third-order valence-electron chi connectivity index (χ3n) is 4.27. The zero-order chi connectivity index (χ0) is 13.5. The maximum Gasteiger partial charge on any atom is 0.164 e. The van der Waals surface area contributed by atoms with Crippen LogP contribution in [-0.4, -0.2) is 12.9 Å². The standard InChI is InChI=1S/C15H15NO3/c1-18-12-8-11(17)13-14(12)15(13,9-16)6-2-4-10-5-3-7-19-10/h3,5,7-8,13-14H,2,4,6H2,1H3/t13-,14+,15-/m1/s1. The summed E-state index contributed by atoms with van der Waals surface area (Å²) in [6.07, 6.45) is 5.55. The van der Waals surface area contributed by atoms with Gasteiger partial charge in [-0.2, -0.15) is 5.26 Å². The lowest BCUT2D eigenvalue weighted by molar-refractivity contribution is -0.116. The van der Waals surface area contributed by atoms with E-state index in [4.69, 9.17) is 9.15 Å². The fourth-order valence-corrected chi connectivity index (χ4v) is 3.30. The summed E-state index contributed by atoms with van der Waals surface area (Å²) in [7, 11) is 1.56. The molecule has 0 spiro atoms. The molecule has 0 N–H and O–H groups in total. The van der Waals surface area contributed by atoms with E-state index in [9.17, 15) is 10.1 Å². The molecule has 19 heavy (non-hydrogen) atoms. The Morgan fingerprint density at radius 1 is 1.53 bits per heavy atom. The highest BCUT2D eigenvalue weighted by atomic mass is 16.5. The molecule has 1 heterocycles. The molecule has 0 radical (unpaired) electrons. The summed E-state index contributed by atoms with van der Waals surface area (Å²) in [6, 6.07) is 6.14. The van der Waals surface area contributed by atoms with Crippen LogP contribution in [-0.2, 0) is 16.0 Å². The zero-order valence-corrected chi connectivity index (χ0v) is 10.8. The van der Waals surface area contributed by atoms with E-state index in [-0.39, 0.29) is 17.6 Å². The van der Waals surface area contributed by atoms with E-state index in [0.717, 1.165) is 18.6 Å². The number of aryl methyl sites for hydroxylation is 1. The highest BCUT2D eigenvalue weighted by Crippen LogP contribution is 2.67. The van der Waals surface area contributed by atoms with Crippen LogP contribution in [0.15, 0.2) is 34.6 Å². The van der Waals surface area contributed by atoms with Crippen LogP contribution in [0.2, 0.25) is 0 Å². The Morgan fingerprint density at radius 2 is 2.37 bits per heavy atom. The maximum absolute atomic E-state index is 11.8. The minimum atomic E-state index is -0.538. The molecule has 4 heteroatoms. The van der Waals surface area contributed by atoms with Gasteiger partial charge in [-0.25, -0.2) is 0 Å². The molecule has 0 aliphatic heterocycles. The fourth-order valence-electron chi connectivity index (χ4n) is 3.30. The van der Waals surface area contributed by atoms with Crippen molar-refractivity contribution in [2.24, 2.45) is 17.3 Å². The number of furan rings is 1. The lowest BCUT2D eigenvalue weighted by Crippen LogP contribution is -2.11. The van der Waals surface area contributed by atoms with Gasteiger partial charge >= 0.3 is 0 Å². The predicted octanol–water partition coefficient (Wildman–Crippen LogP) is 2.47. The van der Waals surface area contributed by atoms with Crippen LogP contribution in [0.1, 0.15) is 18.6 Å². The van der Waals surface area contributed by atoms with E-state index in [1.165, 1.54) is 6.08 Å². The molecule has 3 atom stereocenters. The molecule has 0 saturated heterocycles. The van der Waals surface area contributed by atoms with Crippen molar-refractivity contribution in [3.8, 4) is 6.07 Å². The Balaban J connectivity index is 1.66. The lowest BCUT2D eigenvalue weighted by atomic mass is 9.92. The van der Waals surface area contributed by atoms with Crippen LogP contribution in [0.25, 0.3) is 0 Å². The molecule has 98 valence electrons. The zero-order valence-electron chi connectivity index (χ0n) is 10.8. The van der Waals surface area contributed by atoms with Gasteiger partial charge in [-0.05, 0) is 25.0 Å². The first-order valence-electron chi connectivity index (χ1n) is 6.46. The van der Waals surface area contributed by atoms with Crippen LogP contribution in [0.3, 0.4) is 0 Å². The smallest absolute Gasteiger partial charge is 0.164 e. The highest BCUT2D eigenvalue weighted by molar-refractivity contribution is 6.00. The maximum atomic E-state index is 11.8. The largest absolute Gasteiger partial charge is 0.501 e. The number of hydrogen-bond donors (Lipinski definition) is 0. The molecular formula is C15H15NO3. The summed E-state index contributed by atoms with van der Waals surface area (Å²) in [5, 5.41) is 9.44.